The molecule has 0 aromatic carbocycles. The Morgan fingerprint density at radius 1 is 1.10 bits per heavy atom. The van der Waals surface area contributed by atoms with E-state index in [0.29, 0.717) is 23.2 Å². The van der Waals surface area contributed by atoms with Crippen molar-refractivity contribution in [3.8, 4) is 0 Å². The van der Waals surface area contributed by atoms with Gasteiger partial charge in [0, 0.05) is 12.5 Å². The van der Waals surface area contributed by atoms with Crippen LogP contribution in [0.15, 0.2) is 0 Å². The number of carbonyl (C=O) groups is 4. The number of carbonyl (C=O) groups excluding carboxylic acids is 3. The zero-order valence-corrected chi connectivity index (χ0v) is 18.0. The minimum atomic E-state index is -1.16. The number of halogens is 1. The molecule has 0 aliphatic heterocycles. The van der Waals surface area contributed by atoms with Gasteiger partial charge in [-0.2, -0.15) is 0 Å². The molecular weight excluding hydrogens is 412 g/mol. The molecule has 3 amide bonds. The Kier molecular flexibility index (Phi) is 7.93. The first-order chi connectivity index (χ1) is 14.2. The van der Waals surface area contributed by atoms with Crippen LogP contribution in [0.1, 0.15) is 51.9 Å². The third-order valence-corrected chi connectivity index (χ3v) is 6.74. The fourth-order valence-electron chi connectivity index (χ4n) is 5.63. The number of rotatable bonds is 10. The van der Waals surface area contributed by atoms with E-state index in [1.54, 1.807) is 0 Å². The summed E-state index contributed by atoms with van der Waals surface area (Å²) in [4.78, 5) is 47.0. The average molecular weight is 446 g/mol. The van der Waals surface area contributed by atoms with Crippen LogP contribution >= 0.6 is 12.4 Å². The maximum Gasteiger partial charge on any atom is 0.303 e. The first kappa shape index (κ1) is 22.8. The Hall–Kier alpha value is -1.87. The van der Waals surface area contributed by atoms with Crippen LogP contribution in [0.4, 0.5) is 0 Å². The van der Waals surface area contributed by atoms with E-state index < -0.39 is 35.8 Å². The number of nitrogens with two attached hydrogens (primary N) is 1. The molecule has 170 valence electrons. The predicted octanol–water partition coefficient (Wildman–Crippen LogP) is 0.162. The van der Waals surface area contributed by atoms with Crippen LogP contribution < -0.4 is 21.7 Å². The van der Waals surface area contributed by atoms with E-state index >= 15 is 0 Å². The van der Waals surface area contributed by atoms with Crippen molar-refractivity contribution in [3.05, 3.63) is 0 Å². The molecule has 4 aliphatic rings. The number of aliphatic carboxylic acids is 1. The number of primary amides is 1. The second-order valence-corrected chi connectivity index (χ2v) is 8.93. The lowest BCUT2D eigenvalue weighted by molar-refractivity contribution is -0.137. The second-order valence-electron chi connectivity index (χ2n) is 8.93. The van der Waals surface area contributed by atoms with Crippen molar-refractivity contribution >= 4 is 36.1 Å². The normalized spacial score (nSPS) is 31.1. The Morgan fingerprint density at radius 3 is 2.17 bits per heavy atom. The second kappa shape index (κ2) is 10.4. The molecule has 4 saturated carbocycles. The highest BCUT2D eigenvalue weighted by Crippen LogP contribution is 2.53. The highest BCUT2D eigenvalue weighted by molar-refractivity contribution is 5.91. The largest absolute Gasteiger partial charge is 0.481 e. The van der Waals surface area contributed by atoms with Crippen molar-refractivity contribution in [2.75, 3.05) is 6.54 Å². The molecule has 4 aliphatic carbocycles. The minimum Gasteiger partial charge on any atom is -0.481 e. The van der Waals surface area contributed by atoms with Gasteiger partial charge in [0.15, 0.2) is 1.41 Å². The van der Waals surface area contributed by atoms with Gasteiger partial charge in [0.25, 0.3) is 0 Å². The van der Waals surface area contributed by atoms with Crippen LogP contribution in [0.5, 0.6) is 0 Å². The minimum absolute atomic E-state index is 0. The highest BCUT2D eigenvalue weighted by atomic mass is 35.5. The van der Waals surface area contributed by atoms with Crippen molar-refractivity contribution < 1.29 is 25.7 Å². The van der Waals surface area contributed by atoms with Gasteiger partial charge < -0.3 is 26.8 Å². The fourth-order valence-corrected chi connectivity index (χ4v) is 5.63. The molecule has 0 aromatic rings. The molecule has 9 nitrogen and oxygen atoms in total. The molecule has 0 saturated heterocycles. The smallest absolute Gasteiger partial charge is 0.303 e. The van der Waals surface area contributed by atoms with Crippen LogP contribution in [-0.2, 0) is 19.2 Å². The van der Waals surface area contributed by atoms with Gasteiger partial charge in [0.2, 0.25) is 17.7 Å². The van der Waals surface area contributed by atoms with Gasteiger partial charge in [-0.3, -0.25) is 19.2 Å². The summed E-state index contributed by atoms with van der Waals surface area (Å²) in [7, 11) is 0. The first-order valence-corrected chi connectivity index (χ1v) is 10.5. The van der Waals surface area contributed by atoms with Gasteiger partial charge in [0.1, 0.15) is 12.1 Å². The number of hydrogen-bond acceptors (Lipinski definition) is 5. The standard InChI is InChI=1S/C20H32N4O5.ClH/c1-10(20(29)24-15(19(21)28)2-3-17(26)27)23-16(25)9-22-18-13-5-11-4-12(7-13)8-14(18)6-11;/h10-15,18,22H,2-9H2,1H3,(H2,21,28)(H,23,25)(H,24,29)(H,26,27);1H/t10-,11?,12?,13?,14?,15-,18?;/m0./s1/i/hD. The van der Waals surface area contributed by atoms with Gasteiger partial charge >= 0.3 is 5.97 Å². The fraction of sp³-hybridized carbons (Fsp3) is 0.800. The molecule has 0 spiro atoms. The summed E-state index contributed by atoms with van der Waals surface area (Å²) < 4.78 is 8.02. The van der Waals surface area contributed by atoms with Crippen molar-refractivity contribution in [2.24, 2.45) is 29.4 Å². The summed E-state index contributed by atoms with van der Waals surface area (Å²) in [5.41, 5.74) is 5.21. The van der Waals surface area contributed by atoms with Gasteiger partial charge in [0.05, 0.1) is 6.54 Å². The topological polar surface area (TPSA) is 151 Å². The Labute approximate surface area is 184 Å². The molecule has 0 unspecified atom stereocenters. The van der Waals surface area contributed by atoms with Crippen LogP contribution in [-0.4, -0.2) is 53.5 Å². The van der Waals surface area contributed by atoms with Crippen LogP contribution in [0, 0.1) is 23.7 Å². The molecule has 6 N–H and O–H groups in total. The monoisotopic (exact) mass is 445 g/mol. The lowest BCUT2D eigenvalue weighted by Crippen LogP contribution is -2.57. The number of carboxylic acids is 1. The van der Waals surface area contributed by atoms with Crippen molar-refractivity contribution in [3.63, 3.8) is 0 Å². The maximum absolute atomic E-state index is 12.5. The van der Waals surface area contributed by atoms with E-state index in [9.17, 15) is 19.2 Å². The quantitative estimate of drug-likeness (QED) is 0.323. The van der Waals surface area contributed by atoms with Gasteiger partial charge in [-0.05, 0) is 69.1 Å². The summed E-state index contributed by atoms with van der Waals surface area (Å²) in [5, 5.41) is 15.0. The lowest BCUT2D eigenvalue weighted by atomic mass is 9.54. The highest BCUT2D eigenvalue weighted by Gasteiger charge is 2.48. The van der Waals surface area contributed by atoms with Crippen molar-refractivity contribution in [1.29, 1.82) is 0 Å². The molecule has 0 radical (unpaired) electrons. The number of carboxylic acid groups (broad SMARTS) is 1. The first-order valence-electron chi connectivity index (χ1n) is 11.0. The Balaban J connectivity index is 0.00000341. The molecule has 2 atom stereocenters. The van der Waals surface area contributed by atoms with E-state index in [-0.39, 0.29) is 31.8 Å². The summed E-state index contributed by atoms with van der Waals surface area (Å²) in [6, 6.07) is -2.00. The van der Waals surface area contributed by atoms with Crippen LogP contribution in [0.25, 0.3) is 0 Å². The third kappa shape index (κ3) is 6.07. The van der Waals surface area contributed by atoms with Crippen molar-refractivity contribution in [2.45, 2.75) is 70.0 Å². The molecule has 4 fully saturated rings. The lowest BCUT2D eigenvalue weighted by Gasteiger charge is -2.54. The number of amides is 3. The van der Waals surface area contributed by atoms with E-state index in [1.165, 1.54) is 39.0 Å². The third-order valence-electron chi connectivity index (χ3n) is 6.74. The van der Waals surface area contributed by atoms with E-state index in [0.717, 1.165) is 11.8 Å². The Morgan fingerprint density at radius 2 is 1.67 bits per heavy atom. The Bertz CT molecular complexity index is 681. The molecule has 30 heavy (non-hydrogen) atoms. The van der Waals surface area contributed by atoms with Crippen LogP contribution in [0.2, 0.25) is 1.41 Å². The molecule has 0 heterocycles. The number of hydrogen-bond donors (Lipinski definition) is 5. The molecular formula is C20H33ClN4O5. The van der Waals surface area contributed by atoms with E-state index in [4.69, 9.17) is 12.3 Å². The maximum atomic E-state index is 12.5. The van der Waals surface area contributed by atoms with Crippen LogP contribution in [0.3, 0.4) is 0 Å². The van der Waals surface area contributed by atoms with E-state index in [1.807, 2.05) is 0 Å². The zero-order chi connectivity index (χ0) is 22.0. The summed E-state index contributed by atoms with van der Waals surface area (Å²) in [6.45, 7) is 1.38. The number of nitrogens with one attached hydrogen (secondary N) is 3. The average Bonchev–Trinajstić information content (AvgIpc) is 2.68. The molecule has 4 bridgehead atoms. The summed E-state index contributed by atoms with van der Waals surface area (Å²) in [5.74, 6) is -0.359. The summed E-state index contributed by atoms with van der Waals surface area (Å²) in [6.07, 6.45) is 5.73. The zero-order valence-electron chi connectivity index (χ0n) is 18.2. The van der Waals surface area contributed by atoms with Crippen molar-refractivity contribution in [1.82, 2.24) is 15.9 Å². The van der Waals surface area contributed by atoms with E-state index in [2.05, 4.69) is 10.6 Å². The van der Waals surface area contributed by atoms with Gasteiger partial charge in [-0.25, -0.2) is 0 Å². The SMILES string of the molecule is Cl.[2H]N(C(=O)CNC1C2CC3CC(C2)CC1C3)[C@@H](C)C(=O)N[C@@H](CCC(=O)O)C(N)=O. The predicted molar refractivity (Wildman–Crippen MR) is 112 cm³/mol. The van der Waals surface area contributed by atoms with Gasteiger partial charge in [-0.15, -0.1) is 12.4 Å². The summed E-state index contributed by atoms with van der Waals surface area (Å²) >= 11 is 0. The molecule has 0 aromatic heterocycles. The molecule has 4 rings (SSSR count). The molecule has 10 heteroatoms. The van der Waals surface area contributed by atoms with Gasteiger partial charge in [-0.1, -0.05) is 0 Å².